The highest BCUT2D eigenvalue weighted by Gasteiger charge is 2.19. The van der Waals surface area contributed by atoms with Crippen LogP contribution in [0, 0.1) is 27.7 Å². The highest BCUT2D eigenvalue weighted by molar-refractivity contribution is 6.05. The van der Waals surface area contributed by atoms with E-state index in [4.69, 9.17) is 4.42 Å². The Hall–Kier alpha value is -2.04. The zero-order valence-electron chi connectivity index (χ0n) is 10.3. The molecule has 0 bridgehead atoms. The molecule has 0 fully saturated rings. The first kappa shape index (κ1) is 11.4. The van der Waals surface area contributed by atoms with Crippen LogP contribution < -0.4 is 5.32 Å². The average molecular weight is 233 g/mol. The first-order valence-electron chi connectivity index (χ1n) is 5.39. The Balaban J connectivity index is 2.26. The molecule has 0 spiro atoms. The minimum absolute atomic E-state index is 0.191. The summed E-state index contributed by atoms with van der Waals surface area (Å²) in [6, 6.07) is 1.77. The maximum absolute atomic E-state index is 12.1. The number of furan rings is 1. The maximum Gasteiger partial charge on any atom is 0.260 e. The normalized spacial score (nSPS) is 10.6. The molecule has 2 aromatic rings. The molecule has 1 amide bonds. The molecule has 2 aromatic heterocycles. The van der Waals surface area contributed by atoms with Gasteiger partial charge >= 0.3 is 0 Å². The minimum Gasteiger partial charge on any atom is -0.466 e. The van der Waals surface area contributed by atoms with Gasteiger partial charge in [-0.05, 0) is 27.7 Å². The summed E-state index contributed by atoms with van der Waals surface area (Å²) in [5, 5.41) is 9.46. The zero-order chi connectivity index (χ0) is 12.6. The van der Waals surface area contributed by atoms with Crippen LogP contribution in [0.1, 0.15) is 33.1 Å². The van der Waals surface area contributed by atoms with Gasteiger partial charge < -0.3 is 9.73 Å². The van der Waals surface area contributed by atoms with E-state index in [2.05, 4.69) is 15.5 Å². The van der Waals surface area contributed by atoms with E-state index in [1.165, 1.54) is 0 Å². The van der Waals surface area contributed by atoms with Crippen molar-refractivity contribution >= 4 is 11.7 Å². The fraction of sp³-hybridized carbons (Fsp3) is 0.333. The molecule has 0 aromatic carbocycles. The fourth-order valence-electron chi connectivity index (χ4n) is 1.79. The van der Waals surface area contributed by atoms with E-state index < -0.39 is 0 Å². The number of aromatic nitrogens is 2. The minimum atomic E-state index is -0.191. The van der Waals surface area contributed by atoms with Crippen LogP contribution in [0.3, 0.4) is 0 Å². The van der Waals surface area contributed by atoms with Gasteiger partial charge in [-0.15, -0.1) is 0 Å². The third kappa shape index (κ3) is 2.08. The van der Waals surface area contributed by atoms with Gasteiger partial charge in [-0.2, -0.15) is 5.10 Å². The summed E-state index contributed by atoms with van der Waals surface area (Å²) in [6.45, 7) is 7.38. The van der Waals surface area contributed by atoms with Crippen LogP contribution in [-0.4, -0.2) is 16.1 Å². The van der Waals surface area contributed by atoms with Crippen molar-refractivity contribution in [2.75, 3.05) is 5.32 Å². The Morgan fingerprint density at radius 3 is 2.47 bits per heavy atom. The summed E-state index contributed by atoms with van der Waals surface area (Å²) in [6.07, 6.45) is 0. The number of carbonyl (C=O) groups is 1. The number of rotatable bonds is 2. The van der Waals surface area contributed by atoms with Crippen molar-refractivity contribution in [1.82, 2.24) is 10.2 Å². The van der Waals surface area contributed by atoms with Crippen LogP contribution >= 0.6 is 0 Å². The molecule has 2 rings (SSSR count). The van der Waals surface area contributed by atoms with Crippen LogP contribution in [0.2, 0.25) is 0 Å². The zero-order valence-corrected chi connectivity index (χ0v) is 10.3. The second-order valence-corrected chi connectivity index (χ2v) is 4.10. The SMILES string of the molecule is Cc1cc(NC(=O)c2c(C)oc(C)c2C)n[nH]1. The Morgan fingerprint density at radius 2 is 2.00 bits per heavy atom. The summed E-state index contributed by atoms with van der Waals surface area (Å²) in [5.41, 5.74) is 2.35. The fourth-order valence-corrected chi connectivity index (χ4v) is 1.79. The molecule has 0 saturated carbocycles. The van der Waals surface area contributed by atoms with Gasteiger partial charge in [0.1, 0.15) is 11.5 Å². The van der Waals surface area contributed by atoms with Crippen LogP contribution in [-0.2, 0) is 0 Å². The number of amides is 1. The molecule has 0 unspecified atom stereocenters. The Kier molecular flexibility index (Phi) is 2.75. The molecular formula is C12H15N3O2. The molecule has 5 heteroatoms. The van der Waals surface area contributed by atoms with Gasteiger partial charge in [-0.25, -0.2) is 0 Å². The molecule has 17 heavy (non-hydrogen) atoms. The lowest BCUT2D eigenvalue weighted by Gasteiger charge is -2.01. The van der Waals surface area contributed by atoms with Crippen LogP contribution in [0.25, 0.3) is 0 Å². The molecule has 0 aliphatic rings. The van der Waals surface area contributed by atoms with Crippen molar-refractivity contribution in [2.45, 2.75) is 27.7 Å². The van der Waals surface area contributed by atoms with Crippen LogP contribution in [0.5, 0.6) is 0 Å². The maximum atomic E-state index is 12.1. The summed E-state index contributed by atoms with van der Waals surface area (Å²) >= 11 is 0. The Bertz CT molecular complexity index is 566. The average Bonchev–Trinajstić information content (AvgIpc) is 2.73. The van der Waals surface area contributed by atoms with Crippen molar-refractivity contribution in [3.8, 4) is 0 Å². The monoisotopic (exact) mass is 233 g/mol. The Morgan fingerprint density at radius 1 is 1.29 bits per heavy atom. The highest BCUT2D eigenvalue weighted by Crippen LogP contribution is 2.21. The quantitative estimate of drug-likeness (QED) is 0.837. The summed E-state index contributed by atoms with van der Waals surface area (Å²) in [5.74, 6) is 1.73. The first-order valence-corrected chi connectivity index (χ1v) is 5.39. The number of hydrogen-bond acceptors (Lipinski definition) is 3. The van der Waals surface area contributed by atoms with Gasteiger partial charge in [-0.1, -0.05) is 0 Å². The number of aryl methyl sites for hydroxylation is 3. The number of carbonyl (C=O) groups excluding carboxylic acids is 1. The van der Waals surface area contributed by atoms with E-state index in [1.54, 1.807) is 13.0 Å². The summed E-state index contributed by atoms with van der Waals surface area (Å²) < 4.78 is 5.42. The van der Waals surface area contributed by atoms with Crippen molar-refractivity contribution in [3.63, 3.8) is 0 Å². The summed E-state index contributed by atoms with van der Waals surface area (Å²) in [4.78, 5) is 12.1. The number of nitrogens with zero attached hydrogens (tertiary/aromatic N) is 1. The molecule has 5 nitrogen and oxygen atoms in total. The number of hydrogen-bond donors (Lipinski definition) is 2. The first-order chi connectivity index (χ1) is 7.99. The second-order valence-electron chi connectivity index (χ2n) is 4.10. The molecule has 2 heterocycles. The van der Waals surface area contributed by atoms with Crippen LogP contribution in [0.15, 0.2) is 10.5 Å². The number of H-pyrrole nitrogens is 1. The van der Waals surface area contributed by atoms with Gasteiger partial charge in [0.15, 0.2) is 5.82 Å². The summed E-state index contributed by atoms with van der Waals surface area (Å²) in [7, 11) is 0. The van der Waals surface area contributed by atoms with E-state index in [0.717, 1.165) is 17.0 Å². The lowest BCUT2D eigenvalue weighted by Crippen LogP contribution is -2.13. The van der Waals surface area contributed by atoms with Gasteiger partial charge in [0, 0.05) is 17.3 Å². The van der Waals surface area contributed by atoms with Crippen LogP contribution in [0.4, 0.5) is 5.82 Å². The van der Waals surface area contributed by atoms with Gasteiger partial charge in [0.25, 0.3) is 5.91 Å². The highest BCUT2D eigenvalue weighted by atomic mass is 16.3. The number of aromatic amines is 1. The molecule has 0 aliphatic carbocycles. The molecular weight excluding hydrogens is 218 g/mol. The lowest BCUT2D eigenvalue weighted by molar-refractivity contribution is 0.102. The van der Waals surface area contributed by atoms with Gasteiger partial charge in [0.2, 0.25) is 0 Å². The predicted molar refractivity (Wildman–Crippen MR) is 64.2 cm³/mol. The number of anilines is 1. The molecule has 0 aliphatic heterocycles. The smallest absolute Gasteiger partial charge is 0.260 e. The molecule has 0 radical (unpaired) electrons. The molecule has 0 atom stereocenters. The predicted octanol–water partition coefficient (Wildman–Crippen LogP) is 2.49. The third-order valence-corrected chi connectivity index (χ3v) is 2.74. The van der Waals surface area contributed by atoms with E-state index >= 15 is 0 Å². The molecule has 2 N–H and O–H groups in total. The van der Waals surface area contributed by atoms with Crippen molar-refractivity contribution in [3.05, 3.63) is 34.4 Å². The van der Waals surface area contributed by atoms with E-state index in [9.17, 15) is 4.79 Å². The van der Waals surface area contributed by atoms with E-state index in [1.807, 2.05) is 20.8 Å². The number of nitrogens with one attached hydrogen (secondary N) is 2. The lowest BCUT2D eigenvalue weighted by atomic mass is 10.1. The largest absolute Gasteiger partial charge is 0.466 e. The molecule has 90 valence electrons. The Labute approximate surface area is 99.2 Å². The second kappa shape index (κ2) is 4.08. The van der Waals surface area contributed by atoms with Crippen molar-refractivity contribution in [2.24, 2.45) is 0 Å². The third-order valence-electron chi connectivity index (χ3n) is 2.74. The standard InChI is InChI=1S/C12H15N3O2/c1-6-5-10(15-14-6)13-12(16)11-7(2)8(3)17-9(11)4/h5H,1-4H3,(H2,13,14,15,16). The van der Waals surface area contributed by atoms with Gasteiger partial charge in [0.05, 0.1) is 5.56 Å². The van der Waals surface area contributed by atoms with E-state index in [0.29, 0.717) is 17.1 Å². The van der Waals surface area contributed by atoms with Crippen molar-refractivity contribution < 1.29 is 9.21 Å². The van der Waals surface area contributed by atoms with Crippen molar-refractivity contribution in [1.29, 1.82) is 0 Å². The van der Waals surface area contributed by atoms with E-state index in [-0.39, 0.29) is 5.91 Å². The molecule has 0 saturated heterocycles. The topological polar surface area (TPSA) is 70.9 Å². The van der Waals surface area contributed by atoms with Gasteiger partial charge in [-0.3, -0.25) is 9.89 Å².